The fourth-order valence-electron chi connectivity index (χ4n) is 3.85. The SMILES string of the molecule is COc1ccc(C2SCC(C(=O)NCc3ccccc3)N2C(=O)c2ccccc2)cc1OC. The van der Waals surface area contributed by atoms with Crippen molar-refractivity contribution in [3.05, 3.63) is 95.6 Å². The molecular formula is C26H26N2O4S. The van der Waals surface area contributed by atoms with Crippen molar-refractivity contribution in [3.63, 3.8) is 0 Å². The van der Waals surface area contributed by atoms with Gasteiger partial charge in [-0.2, -0.15) is 0 Å². The van der Waals surface area contributed by atoms with Crippen LogP contribution in [-0.2, 0) is 11.3 Å². The smallest absolute Gasteiger partial charge is 0.255 e. The van der Waals surface area contributed by atoms with Crippen molar-refractivity contribution in [1.82, 2.24) is 10.2 Å². The van der Waals surface area contributed by atoms with Crippen LogP contribution in [0.5, 0.6) is 11.5 Å². The lowest BCUT2D eigenvalue weighted by Gasteiger charge is -2.29. The maximum absolute atomic E-state index is 13.6. The van der Waals surface area contributed by atoms with Crippen molar-refractivity contribution in [2.24, 2.45) is 0 Å². The van der Waals surface area contributed by atoms with E-state index in [0.29, 0.717) is 29.4 Å². The van der Waals surface area contributed by atoms with Crippen molar-refractivity contribution in [2.75, 3.05) is 20.0 Å². The minimum absolute atomic E-state index is 0.168. The summed E-state index contributed by atoms with van der Waals surface area (Å²) >= 11 is 1.57. The number of hydrogen-bond acceptors (Lipinski definition) is 5. The Labute approximate surface area is 197 Å². The second kappa shape index (κ2) is 10.4. The highest BCUT2D eigenvalue weighted by molar-refractivity contribution is 7.99. The van der Waals surface area contributed by atoms with Crippen molar-refractivity contribution in [2.45, 2.75) is 18.0 Å². The molecule has 2 amide bonds. The molecule has 0 saturated carbocycles. The summed E-state index contributed by atoms with van der Waals surface area (Å²) in [7, 11) is 3.16. The average Bonchev–Trinajstić information content (AvgIpc) is 3.32. The highest BCUT2D eigenvalue weighted by Crippen LogP contribution is 2.44. The number of methoxy groups -OCH3 is 2. The van der Waals surface area contributed by atoms with Crippen LogP contribution < -0.4 is 14.8 Å². The van der Waals surface area contributed by atoms with Crippen LogP contribution in [0.25, 0.3) is 0 Å². The summed E-state index contributed by atoms with van der Waals surface area (Å²) in [6.45, 7) is 0.412. The highest BCUT2D eigenvalue weighted by Gasteiger charge is 2.42. The number of hydrogen-bond donors (Lipinski definition) is 1. The molecule has 0 bridgehead atoms. The number of amides is 2. The molecule has 2 atom stereocenters. The topological polar surface area (TPSA) is 67.9 Å². The molecule has 3 aromatic carbocycles. The van der Waals surface area contributed by atoms with E-state index in [1.165, 1.54) is 0 Å². The molecule has 170 valence electrons. The summed E-state index contributed by atoms with van der Waals surface area (Å²) in [5, 5.41) is 2.67. The summed E-state index contributed by atoms with van der Waals surface area (Å²) in [6.07, 6.45) is 0. The largest absolute Gasteiger partial charge is 0.493 e. The van der Waals surface area contributed by atoms with E-state index < -0.39 is 6.04 Å². The van der Waals surface area contributed by atoms with Gasteiger partial charge in [0.2, 0.25) is 5.91 Å². The van der Waals surface area contributed by atoms with Crippen LogP contribution in [-0.4, -0.2) is 42.7 Å². The van der Waals surface area contributed by atoms with Gasteiger partial charge in [-0.15, -0.1) is 11.8 Å². The number of ether oxygens (including phenoxy) is 2. The molecule has 0 aromatic heterocycles. The van der Waals surface area contributed by atoms with Gasteiger partial charge in [-0.3, -0.25) is 9.59 Å². The quantitative estimate of drug-likeness (QED) is 0.568. The van der Waals surface area contributed by atoms with Crippen molar-refractivity contribution < 1.29 is 19.1 Å². The van der Waals surface area contributed by atoms with Gasteiger partial charge in [-0.25, -0.2) is 0 Å². The van der Waals surface area contributed by atoms with Gasteiger partial charge in [0, 0.05) is 17.9 Å². The summed E-state index contributed by atoms with van der Waals surface area (Å²) in [4.78, 5) is 28.5. The third-order valence-electron chi connectivity index (χ3n) is 5.56. The standard InChI is InChI=1S/C26H26N2O4S/c1-31-22-14-13-20(15-23(22)32-2)26-28(25(30)19-11-7-4-8-12-19)21(17-33-26)24(29)27-16-18-9-5-3-6-10-18/h3-15,21,26H,16-17H2,1-2H3,(H,27,29). The number of carbonyl (C=O) groups excluding carboxylic acids is 2. The van der Waals surface area contributed by atoms with E-state index in [2.05, 4.69) is 5.32 Å². The maximum atomic E-state index is 13.6. The van der Waals surface area contributed by atoms with E-state index in [1.54, 1.807) is 43.0 Å². The van der Waals surface area contributed by atoms with Gasteiger partial charge in [0.15, 0.2) is 11.5 Å². The molecule has 1 N–H and O–H groups in total. The maximum Gasteiger partial charge on any atom is 0.255 e. The molecule has 6 nitrogen and oxygen atoms in total. The minimum atomic E-state index is -0.593. The van der Waals surface area contributed by atoms with E-state index in [-0.39, 0.29) is 17.2 Å². The molecule has 33 heavy (non-hydrogen) atoms. The van der Waals surface area contributed by atoms with E-state index in [1.807, 2.05) is 66.7 Å². The van der Waals surface area contributed by atoms with Gasteiger partial charge < -0.3 is 19.7 Å². The first kappa shape index (κ1) is 22.7. The summed E-state index contributed by atoms with van der Waals surface area (Å²) in [6, 6.07) is 23.8. The van der Waals surface area contributed by atoms with Gasteiger partial charge in [-0.05, 0) is 35.4 Å². The Bertz CT molecular complexity index is 1110. The average molecular weight is 463 g/mol. The lowest BCUT2D eigenvalue weighted by molar-refractivity contribution is -0.125. The first-order valence-corrected chi connectivity index (χ1v) is 11.7. The Morgan fingerprint density at radius 2 is 1.61 bits per heavy atom. The van der Waals surface area contributed by atoms with Crippen molar-refractivity contribution in [1.29, 1.82) is 0 Å². The van der Waals surface area contributed by atoms with Gasteiger partial charge in [0.1, 0.15) is 11.4 Å². The van der Waals surface area contributed by atoms with Gasteiger partial charge in [0.25, 0.3) is 5.91 Å². The lowest BCUT2D eigenvalue weighted by atomic mass is 10.1. The van der Waals surface area contributed by atoms with Crippen LogP contribution in [0.3, 0.4) is 0 Å². The summed E-state index contributed by atoms with van der Waals surface area (Å²) in [5.41, 5.74) is 2.43. The summed E-state index contributed by atoms with van der Waals surface area (Å²) in [5.74, 6) is 1.35. The zero-order valence-electron chi connectivity index (χ0n) is 18.6. The predicted molar refractivity (Wildman–Crippen MR) is 129 cm³/mol. The third-order valence-corrected chi connectivity index (χ3v) is 6.88. The molecule has 0 spiro atoms. The van der Waals surface area contributed by atoms with Crippen LogP contribution in [0.4, 0.5) is 0 Å². The van der Waals surface area contributed by atoms with Gasteiger partial charge >= 0.3 is 0 Å². The van der Waals surface area contributed by atoms with E-state index in [0.717, 1.165) is 11.1 Å². The number of benzene rings is 3. The highest BCUT2D eigenvalue weighted by atomic mass is 32.2. The Morgan fingerprint density at radius 1 is 0.939 bits per heavy atom. The Morgan fingerprint density at radius 3 is 2.27 bits per heavy atom. The predicted octanol–water partition coefficient (Wildman–Crippen LogP) is 4.28. The van der Waals surface area contributed by atoms with Crippen LogP contribution >= 0.6 is 11.8 Å². The zero-order chi connectivity index (χ0) is 23.2. The van der Waals surface area contributed by atoms with E-state index >= 15 is 0 Å². The minimum Gasteiger partial charge on any atom is -0.493 e. The molecule has 0 radical (unpaired) electrons. The molecule has 2 unspecified atom stereocenters. The number of carbonyl (C=O) groups is 2. The fraction of sp³-hybridized carbons (Fsp3) is 0.231. The first-order chi connectivity index (χ1) is 16.1. The van der Waals surface area contributed by atoms with E-state index in [9.17, 15) is 9.59 Å². The second-order valence-electron chi connectivity index (χ2n) is 7.60. The second-order valence-corrected chi connectivity index (χ2v) is 8.71. The normalized spacial score (nSPS) is 17.5. The molecule has 7 heteroatoms. The van der Waals surface area contributed by atoms with E-state index in [4.69, 9.17) is 9.47 Å². The molecule has 1 saturated heterocycles. The molecule has 1 aliphatic heterocycles. The fourth-order valence-corrected chi connectivity index (χ4v) is 5.27. The molecular weight excluding hydrogens is 436 g/mol. The van der Waals surface area contributed by atoms with Crippen LogP contribution in [0.1, 0.15) is 26.9 Å². The third kappa shape index (κ3) is 4.98. The molecule has 3 aromatic rings. The number of nitrogens with one attached hydrogen (secondary N) is 1. The molecule has 0 aliphatic carbocycles. The zero-order valence-corrected chi connectivity index (χ0v) is 19.4. The Hall–Kier alpha value is -3.45. The van der Waals surface area contributed by atoms with Crippen LogP contribution in [0.2, 0.25) is 0 Å². The van der Waals surface area contributed by atoms with Gasteiger partial charge in [0.05, 0.1) is 14.2 Å². The molecule has 4 rings (SSSR count). The number of nitrogens with zero attached hydrogens (tertiary/aromatic N) is 1. The number of thioether (sulfide) groups is 1. The molecule has 1 heterocycles. The van der Waals surface area contributed by atoms with Crippen LogP contribution in [0, 0.1) is 0 Å². The van der Waals surface area contributed by atoms with Gasteiger partial charge in [-0.1, -0.05) is 54.6 Å². The lowest BCUT2D eigenvalue weighted by Crippen LogP contribution is -2.47. The Kier molecular flexibility index (Phi) is 7.19. The van der Waals surface area contributed by atoms with Crippen LogP contribution in [0.15, 0.2) is 78.9 Å². The number of rotatable bonds is 7. The molecule has 1 aliphatic rings. The Balaban J connectivity index is 1.63. The first-order valence-electron chi connectivity index (χ1n) is 10.6. The monoisotopic (exact) mass is 462 g/mol. The summed E-state index contributed by atoms with van der Waals surface area (Å²) < 4.78 is 10.8. The molecule has 1 fully saturated rings. The van der Waals surface area contributed by atoms with Crippen molar-refractivity contribution >= 4 is 23.6 Å². The van der Waals surface area contributed by atoms with Crippen molar-refractivity contribution in [3.8, 4) is 11.5 Å².